The van der Waals surface area contributed by atoms with Gasteiger partial charge in [-0.2, -0.15) is 5.10 Å². The van der Waals surface area contributed by atoms with Crippen molar-refractivity contribution in [2.75, 3.05) is 45.2 Å². The number of H-pyrrole nitrogens is 1. The van der Waals surface area contributed by atoms with Crippen LogP contribution in [0.3, 0.4) is 0 Å². The molecule has 0 unspecified atom stereocenters. The molecule has 5 rings (SSSR count). The summed E-state index contributed by atoms with van der Waals surface area (Å²) in [6.45, 7) is 4.71. The summed E-state index contributed by atoms with van der Waals surface area (Å²) in [5.74, 6) is 0.986. The molecule has 31 heavy (non-hydrogen) atoms. The van der Waals surface area contributed by atoms with Gasteiger partial charge >= 0.3 is 0 Å². The van der Waals surface area contributed by atoms with Gasteiger partial charge in [0, 0.05) is 37.2 Å². The number of morpholine rings is 1. The number of anilines is 1. The normalized spacial score (nSPS) is 15.0. The van der Waals surface area contributed by atoms with Crippen molar-refractivity contribution in [3.05, 3.63) is 52.8 Å². The molecule has 1 aliphatic rings. The molecular weight excluding hydrogens is 398 g/mol. The highest BCUT2D eigenvalue weighted by molar-refractivity contribution is 6.07. The Morgan fingerprint density at radius 1 is 1.19 bits per heavy atom. The molecule has 4 aromatic rings. The highest BCUT2D eigenvalue weighted by Gasteiger charge is 2.17. The molecule has 0 bridgehead atoms. The number of nitrogens with zero attached hydrogens (tertiary/aromatic N) is 3. The van der Waals surface area contributed by atoms with E-state index in [1.807, 2.05) is 12.1 Å². The first-order chi connectivity index (χ1) is 15.1. The number of phenolic OH excluding ortho intramolecular Hbond substituents is 1. The first-order valence-corrected chi connectivity index (χ1v) is 10.2. The zero-order valence-corrected chi connectivity index (χ0v) is 16.9. The topological polar surface area (TPSA) is 119 Å². The van der Waals surface area contributed by atoms with E-state index in [2.05, 4.69) is 15.0 Å². The number of nitrogen functional groups attached to an aromatic ring is 1. The van der Waals surface area contributed by atoms with E-state index in [9.17, 15) is 9.90 Å². The second kappa shape index (κ2) is 7.93. The molecule has 1 fully saturated rings. The number of aromatic hydroxyl groups is 1. The number of rotatable bonds is 5. The molecule has 1 saturated heterocycles. The molecule has 2 aromatic heterocycles. The lowest BCUT2D eigenvalue weighted by Gasteiger charge is -2.26. The third kappa shape index (κ3) is 3.69. The minimum Gasteiger partial charge on any atom is -0.508 e. The zero-order valence-electron chi connectivity index (χ0n) is 16.9. The summed E-state index contributed by atoms with van der Waals surface area (Å²) in [5, 5.41) is 15.4. The van der Waals surface area contributed by atoms with Crippen LogP contribution in [0.1, 0.15) is 0 Å². The summed E-state index contributed by atoms with van der Waals surface area (Å²) in [7, 11) is 0. The summed E-state index contributed by atoms with van der Waals surface area (Å²) >= 11 is 0. The van der Waals surface area contributed by atoms with Gasteiger partial charge in [0.2, 0.25) is 0 Å². The summed E-state index contributed by atoms with van der Waals surface area (Å²) in [6.07, 6.45) is 0. The Morgan fingerprint density at radius 3 is 2.84 bits per heavy atom. The molecule has 160 valence electrons. The lowest BCUT2D eigenvalue weighted by atomic mass is 10.1. The summed E-state index contributed by atoms with van der Waals surface area (Å²) in [5.41, 5.74) is 7.62. The van der Waals surface area contributed by atoms with Gasteiger partial charge in [0.1, 0.15) is 34.8 Å². The minimum absolute atomic E-state index is 0.0918. The van der Waals surface area contributed by atoms with Gasteiger partial charge in [-0.3, -0.25) is 9.69 Å². The van der Waals surface area contributed by atoms with Crippen LogP contribution in [-0.2, 0) is 4.74 Å². The fraction of sp³-hybridized carbons (Fsp3) is 0.273. The van der Waals surface area contributed by atoms with Gasteiger partial charge in [-0.25, -0.2) is 4.68 Å². The predicted molar refractivity (Wildman–Crippen MR) is 118 cm³/mol. The van der Waals surface area contributed by atoms with Gasteiger partial charge in [-0.05, 0) is 24.3 Å². The number of hydrogen-bond acceptors (Lipinski definition) is 7. The quantitative estimate of drug-likeness (QED) is 0.450. The van der Waals surface area contributed by atoms with Crippen LogP contribution >= 0.6 is 0 Å². The van der Waals surface area contributed by atoms with Crippen molar-refractivity contribution >= 4 is 27.6 Å². The number of aromatic nitrogens is 3. The molecule has 9 nitrogen and oxygen atoms in total. The molecule has 4 N–H and O–H groups in total. The van der Waals surface area contributed by atoms with Crippen molar-refractivity contribution in [2.45, 2.75) is 0 Å². The van der Waals surface area contributed by atoms with Crippen LogP contribution in [0.15, 0.2) is 47.3 Å². The Hall–Kier alpha value is -3.56. The van der Waals surface area contributed by atoms with Crippen molar-refractivity contribution < 1.29 is 14.6 Å². The van der Waals surface area contributed by atoms with Crippen LogP contribution in [0.2, 0.25) is 0 Å². The molecule has 0 saturated carbocycles. The van der Waals surface area contributed by atoms with Gasteiger partial charge < -0.3 is 25.3 Å². The molecular formula is C22H23N5O4. The number of aromatic amines is 1. The van der Waals surface area contributed by atoms with Crippen LogP contribution in [-0.4, -0.2) is 64.2 Å². The maximum Gasteiger partial charge on any atom is 0.261 e. The van der Waals surface area contributed by atoms with E-state index in [1.54, 1.807) is 30.3 Å². The fourth-order valence-corrected chi connectivity index (χ4v) is 3.89. The number of phenols is 1. The number of pyridine rings is 1. The second-order valence-electron chi connectivity index (χ2n) is 7.50. The van der Waals surface area contributed by atoms with E-state index < -0.39 is 0 Å². The van der Waals surface area contributed by atoms with Gasteiger partial charge in [0.15, 0.2) is 0 Å². The molecule has 3 heterocycles. The average Bonchev–Trinajstić information content (AvgIpc) is 3.12. The van der Waals surface area contributed by atoms with Gasteiger partial charge in [0.25, 0.3) is 5.56 Å². The van der Waals surface area contributed by atoms with E-state index in [1.165, 1.54) is 4.68 Å². The second-order valence-corrected chi connectivity index (χ2v) is 7.50. The van der Waals surface area contributed by atoms with Crippen molar-refractivity contribution in [3.63, 3.8) is 0 Å². The Morgan fingerprint density at radius 2 is 2.03 bits per heavy atom. The largest absolute Gasteiger partial charge is 0.508 e. The monoisotopic (exact) mass is 421 g/mol. The first kappa shape index (κ1) is 19.4. The van der Waals surface area contributed by atoms with Gasteiger partial charge in [0.05, 0.1) is 24.4 Å². The van der Waals surface area contributed by atoms with E-state index in [4.69, 9.17) is 15.2 Å². The molecule has 0 amide bonds. The molecule has 0 atom stereocenters. The maximum absolute atomic E-state index is 12.8. The van der Waals surface area contributed by atoms with E-state index in [0.717, 1.165) is 38.2 Å². The number of hydrogen-bond donors (Lipinski definition) is 3. The van der Waals surface area contributed by atoms with Crippen LogP contribution in [0, 0.1) is 0 Å². The molecule has 1 aliphatic heterocycles. The molecule has 0 spiro atoms. The van der Waals surface area contributed by atoms with E-state index in [-0.39, 0.29) is 17.1 Å². The zero-order chi connectivity index (χ0) is 21.4. The lowest BCUT2D eigenvalue weighted by Crippen LogP contribution is -2.38. The number of nitrogens with one attached hydrogen (secondary N) is 1. The SMILES string of the molecule is Nc1c2c(=O)[nH]c3cc(OCCN4CCOCC4)ccc3c2nn1-c1cccc(O)c1. The number of benzene rings is 2. The fourth-order valence-electron chi connectivity index (χ4n) is 3.89. The average molecular weight is 421 g/mol. The number of nitrogens with two attached hydrogens (primary N) is 1. The molecule has 9 heteroatoms. The summed E-state index contributed by atoms with van der Waals surface area (Å²) in [4.78, 5) is 17.9. The standard InChI is InChI=1S/C22H23N5O4/c23-21-19-20(25-27(21)14-2-1-3-15(28)12-14)17-5-4-16(13-18(17)24-22(19)29)31-11-8-26-6-9-30-10-7-26/h1-5,12-13,28H,6-11,23H2,(H,24,29). The van der Waals surface area contributed by atoms with Crippen molar-refractivity contribution in [2.24, 2.45) is 0 Å². The van der Waals surface area contributed by atoms with Crippen LogP contribution in [0.25, 0.3) is 27.5 Å². The highest BCUT2D eigenvalue weighted by Crippen LogP contribution is 2.29. The predicted octanol–water partition coefficient (Wildman–Crippen LogP) is 1.87. The minimum atomic E-state index is -0.322. The molecule has 2 aromatic carbocycles. The Balaban J connectivity index is 1.47. The Bertz CT molecular complexity index is 1310. The number of fused-ring (bicyclic) bond motifs is 3. The smallest absolute Gasteiger partial charge is 0.261 e. The molecule has 0 radical (unpaired) electrons. The summed E-state index contributed by atoms with van der Waals surface area (Å²) < 4.78 is 12.7. The number of ether oxygens (including phenoxy) is 2. The third-order valence-corrected chi connectivity index (χ3v) is 5.50. The Labute approximate surface area is 177 Å². The first-order valence-electron chi connectivity index (χ1n) is 10.2. The Kier molecular flexibility index (Phi) is 4.97. The molecule has 0 aliphatic carbocycles. The van der Waals surface area contributed by atoms with Crippen LogP contribution in [0.4, 0.5) is 5.82 Å². The van der Waals surface area contributed by atoms with Crippen molar-refractivity contribution in [3.8, 4) is 17.2 Å². The summed E-state index contributed by atoms with van der Waals surface area (Å²) in [6, 6.07) is 12.1. The van der Waals surface area contributed by atoms with Crippen molar-refractivity contribution in [1.82, 2.24) is 19.7 Å². The van der Waals surface area contributed by atoms with Gasteiger partial charge in [-0.15, -0.1) is 0 Å². The van der Waals surface area contributed by atoms with Crippen LogP contribution < -0.4 is 16.0 Å². The van der Waals surface area contributed by atoms with E-state index in [0.29, 0.717) is 34.5 Å². The third-order valence-electron chi connectivity index (χ3n) is 5.50. The highest BCUT2D eigenvalue weighted by atomic mass is 16.5. The van der Waals surface area contributed by atoms with Crippen molar-refractivity contribution in [1.29, 1.82) is 0 Å². The van der Waals surface area contributed by atoms with Crippen LogP contribution in [0.5, 0.6) is 11.5 Å². The lowest BCUT2D eigenvalue weighted by molar-refractivity contribution is 0.0322. The van der Waals surface area contributed by atoms with E-state index >= 15 is 0 Å². The maximum atomic E-state index is 12.8. The van der Waals surface area contributed by atoms with Gasteiger partial charge in [-0.1, -0.05) is 6.07 Å².